The van der Waals surface area contributed by atoms with Gasteiger partial charge in [0.1, 0.15) is 5.75 Å². The molecule has 0 spiro atoms. The van der Waals surface area contributed by atoms with E-state index in [0.717, 1.165) is 22.1 Å². The fourth-order valence-electron chi connectivity index (χ4n) is 2.45. The van der Waals surface area contributed by atoms with E-state index >= 15 is 0 Å². The van der Waals surface area contributed by atoms with Crippen LogP contribution in [0.25, 0.3) is 16.8 Å². The highest BCUT2D eigenvalue weighted by molar-refractivity contribution is 6.08. The molecule has 0 amide bonds. The zero-order valence-corrected chi connectivity index (χ0v) is 13.0. The molecule has 114 valence electrons. The highest BCUT2D eigenvalue weighted by Crippen LogP contribution is 2.17. The van der Waals surface area contributed by atoms with Gasteiger partial charge in [0.2, 0.25) is 0 Å². The Hall–Kier alpha value is -2.87. The quantitative estimate of drug-likeness (QED) is 0.482. The van der Waals surface area contributed by atoms with Crippen molar-refractivity contribution in [1.82, 2.24) is 0 Å². The van der Waals surface area contributed by atoms with Crippen LogP contribution >= 0.6 is 0 Å². The molecule has 0 saturated heterocycles. The molecule has 0 fully saturated rings. The summed E-state index contributed by atoms with van der Waals surface area (Å²) in [5.74, 6) is 0.843. The van der Waals surface area contributed by atoms with Crippen molar-refractivity contribution in [3.8, 4) is 5.75 Å². The average molecular weight is 302 g/mol. The molecule has 3 rings (SSSR count). The summed E-state index contributed by atoms with van der Waals surface area (Å²) in [6, 6.07) is 21.5. The van der Waals surface area contributed by atoms with E-state index in [-0.39, 0.29) is 5.78 Å². The predicted octanol–water partition coefficient (Wildman–Crippen LogP) is 5.13. The Morgan fingerprint density at radius 1 is 0.957 bits per heavy atom. The Kier molecular flexibility index (Phi) is 4.53. The number of ketones is 1. The van der Waals surface area contributed by atoms with Crippen LogP contribution in [0.3, 0.4) is 0 Å². The summed E-state index contributed by atoms with van der Waals surface area (Å²) < 4.78 is 5.41. The molecule has 0 unspecified atom stereocenters. The molecule has 3 aromatic carbocycles. The lowest BCUT2D eigenvalue weighted by Gasteiger charge is -2.02. The Morgan fingerprint density at radius 3 is 2.43 bits per heavy atom. The van der Waals surface area contributed by atoms with Crippen molar-refractivity contribution in [3.63, 3.8) is 0 Å². The van der Waals surface area contributed by atoms with Gasteiger partial charge in [-0.3, -0.25) is 4.79 Å². The van der Waals surface area contributed by atoms with Crippen molar-refractivity contribution in [3.05, 3.63) is 83.9 Å². The molecule has 0 N–H and O–H groups in total. The minimum absolute atomic E-state index is 0.00429. The molecule has 0 aliphatic heterocycles. The fraction of sp³-hybridized carbons (Fsp3) is 0.0952. The maximum absolute atomic E-state index is 12.3. The van der Waals surface area contributed by atoms with Crippen molar-refractivity contribution < 1.29 is 9.53 Å². The van der Waals surface area contributed by atoms with Crippen LogP contribution < -0.4 is 4.74 Å². The number of rotatable bonds is 5. The third-order valence-electron chi connectivity index (χ3n) is 3.65. The average Bonchev–Trinajstić information content (AvgIpc) is 2.60. The highest BCUT2D eigenvalue weighted by Gasteiger charge is 2.03. The lowest BCUT2D eigenvalue weighted by Crippen LogP contribution is -1.94. The first-order chi connectivity index (χ1) is 11.3. The van der Waals surface area contributed by atoms with Crippen LogP contribution in [0.15, 0.2) is 72.8 Å². The normalized spacial score (nSPS) is 11.0. The highest BCUT2D eigenvalue weighted by atomic mass is 16.5. The summed E-state index contributed by atoms with van der Waals surface area (Å²) in [6.45, 7) is 2.60. The number of fused-ring (bicyclic) bond motifs is 1. The molecule has 0 saturated carbocycles. The van der Waals surface area contributed by atoms with Gasteiger partial charge in [-0.05, 0) is 47.5 Å². The lowest BCUT2D eigenvalue weighted by molar-refractivity contribution is 0.104. The van der Waals surface area contributed by atoms with E-state index in [9.17, 15) is 4.79 Å². The van der Waals surface area contributed by atoms with Gasteiger partial charge in [-0.25, -0.2) is 0 Å². The van der Waals surface area contributed by atoms with E-state index in [4.69, 9.17) is 4.74 Å². The van der Waals surface area contributed by atoms with Gasteiger partial charge in [0.05, 0.1) is 6.61 Å². The molecular weight excluding hydrogens is 284 g/mol. The van der Waals surface area contributed by atoms with Crippen LogP contribution in [0.2, 0.25) is 0 Å². The summed E-state index contributed by atoms with van der Waals surface area (Å²) in [7, 11) is 0. The molecule has 0 bridgehead atoms. The van der Waals surface area contributed by atoms with Crippen molar-refractivity contribution >= 4 is 22.6 Å². The minimum Gasteiger partial charge on any atom is -0.494 e. The third kappa shape index (κ3) is 3.67. The first-order valence-corrected chi connectivity index (χ1v) is 7.70. The molecule has 3 aromatic rings. The Morgan fingerprint density at radius 2 is 1.70 bits per heavy atom. The molecule has 2 heteroatoms. The van der Waals surface area contributed by atoms with E-state index < -0.39 is 0 Å². The summed E-state index contributed by atoms with van der Waals surface area (Å²) in [6.07, 6.45) is 3.44. The van der Waals surface area contributed by atoms with Crippen LogP contribution in [0.1, 0.15) is 22.8 Å². The molecule has 0 atom stereocenters. The zero-order valence-electron chi connectivity index (χ0n) is 13.0. The molecular formula is C21H18O2. The minimum atomic E-state index is 0.00429. The molecule has 0 heterocycles. The number of hydrogen-bond acceptors (Lipinski definition) is 2. The van der Waals surface area contributed by atoms with Gasteiger partial charge in [0.25, 0.3) is 0 Å². The van der Waals surface area contributed by atoms with Gasteiger partial charge in [0.15, 0.2) is 5.78 Å². The smallest absolute Gasteiger partial charge is 0.185 e. The van der Waals surface area contributed by atoms with Gasteiger partial charge in [-0.1, -0.05) is 54.6 Å². The van der Waals surface area contributed by atoms with E-state index in [1.54, 1.807) is 6.08 Å². The van der Waals surface area contributed by atoms with Crippen molar-refractivity contribution in [2.45, 2.75) is 6.92 Å². The fourth-order valence-corrected chi connectivity index (χ4v) is 2.45. The van der Waals surface area contributed by atoms with Crippen LogP contribution in [-0.2, 0) is 0 Å². The number of allylic oxidation sites excluding steroid dienone is 1. The first kappa shape index (κ1) is 15.0. The second-order valence-corrected chi connectivity index (χ2v) is 5.26. The SMILES string of the molecule is CCOc1ccc(/C=C/C(=O)c2ccc3ccccc3c2)cc1. The molecule has 0 aliphatic rings. The summed E-state index contributed by atoms with van der Waals surface area (Å²) in [5.41, 5.74) is 1.67. The molecule has 0 radical (unpaired) electrons. The van der Waals surface area contributed by atoms with Gasteiger partial charge in [-0.15, -0.1) is 0 Å². The standard InChI is InChI=1S/C21H18O2/c1-2-23-20-12-7-16(8-13-20)9-14-21(22)19-11-10-17-5-3-4-6-18(17)15-19/h3-15H,2H2,1H3/b14-9+. The number of hydrogen-bond donors (Lipinski definition) is 0. The van der Waals surface area contributed by atoms with Crippen LogP contribution in [-0.4, -0.2) is 12.4 Å². The molecule has 23 heavy (non-hydrogen) atoms. The predicted molar refractivity (Wildman–Crippen MR) is 94.9 cm³/mol. The lowest BCUT2D eigenvalue weighted by atomic mass is 10.0. The third-order valence-corrected chi connectivity index (χ3v) is 3.65. The number of benzene rings is 3. The van der Waals surface area contributed by atoms with Crippen LogP contribution in [0.4, 0.5) is 0 Å². The summed E-state index contributed by atoms with van der Waals surface area (Å²) in [4.78, 5) is 12.3. The summed E-state index contributed by atoms with van der Waals surface area (Å²) in [5, 5.41) is 2.22. The van der Waals surface area contributed by atoms with E-state index in [1.807, 2.05) is 79.7 Å². The number of carbonyl (C=O) groups is 1. The van der Waals surface area contributed by atoms with Crippen molar-refractivity contribution in [2.24, 2.45) is 0 Å². The van der Waals surface area contributed by atoms with E-state index in [2.05, 4.69) is 0 Å². The van der Waals surface area contributed by atoms with Gasteiger partial charge in [-0.2, -0.15) is 0 Å². The zero-order chi connectivity index (χ0) is 16.1. The summed E-state index contributed by atoms with van der Waals surface area (Å²) >= 11 is 0. The van der Waals surface area contributed by atoms with Gasteiger partial charge < -0.3 is 4.74 Å². The Bertz CT molecular complexity index is 845. The second-order valence-electron chi connectivity index (χ2n) is 5.26. The van der Waals surface area contributed by atoms with E-state index in [1.165, 1.54) is 0 Å². The Labute approximate surface area is 136 Å². The van der Waals surface area contributed by atoms with Crippen LogP contribution in [0, 0.1) is 0 Å². The Balaban J connectivity index is 1.76. The maximum Gasteiger partial charge on any atom is 0.185 e. The van der Waals surface area contributed by atoms with E-state index in [0.29, 0.717) is 12.2 Å². The monoisotopic (exact) mass is 302 g/mol. The van der Waals surface area contributed by atoms with Gasteiger partial charge in [0, 0.05) is 5.56 Å². The number of carbonyl (C=O) groups excluding carboxylic acids is 1. The molecule has 2 nitrogen and oxygen atoms in total. The first-order valence-electron chi connectivity index (χ1n) is 7.70. The second kappa shape index (κ2) is 6.93. The largest absolute Gasteiger partial charge is 0.494 e. The maximum atomic E-state index is 12.3. The topological polar surface area (TPSA) is 26.3 Å². The van der Waals surface area contributed by atoms with Crippen LogP contribution in [0.5, 0.6) is 5.75 Å². The molecule has 0 aliphatic carbocycles. The van der Waals surface area contributed by atoms with Crippen molar-refractivity contribution in [1.29, 1.82) is 0 Å². The molecule has 0 aromatic heterocycles. The van der Waals surface area contributed by atoms with Crippen molar-refractivity contribution in [2.75, 3.05) is 6.61 Å². The van der Waals surface area contributed by atoms with Gasteiger partial charge >= 0.3 is 0 Å². The number of ether oxygens (including phenoxy) is 1.